The molecule has 0 aliphatic carbocycles. The Balaban J connectivity index is 1.94. The smallest absolute Gasteiger partial charge is 0.369 e. The van der Waals surface area contributed by atoms with Crippen molar-refractivity contribution in [3.05, 3.63) is 47.4 Å². The minimum atomic E-state index is -5.95. The van der Waals surface area contributed by atoms with Crippen molar-refractivity contribution in [2.75, 3.05) is 0 Å². The maximum atomic E-state index is 13.0. The van der Waals surface area contributed by atoms with E-state index in [0.29, 0.717) is 23.5 Å². The second kappa shape index (κ2) is 7.15. The fourth-order valence-corrected chi connectivity index (χ4v) is 2.87. The van der Waals surface area contributed by atoms with E-state index < -0.39 is 29.8 Å². The molecular formula is C18H15F6NO4. The lowest BCUT2D eigenvalue weighted by molar-refractivity contribution is -0.376. The predicted molar refractivity (Wildman–Crippen MR) is 87.1 cm³/mol. The third kappa shape index (κ3) is 3.77. The largest absolute Gasteiger partial charge is 0.430 e. The van der Waals surface area contributed by atoms with Gasteiger partial charge in [0.2, 0.25) is 0 Å². The highest BCUT2D eigenvalue weighted by atomic mass is 19.4. The molecule has 158 valence electrons. The summed E-state index contributed by atoms with van der Waals surface area (Å²) in [6.07, 6.45) is -9.82. The second-order valence-corrected chi connectivity index (χ2v) is 6.35. The van der Waals surface area contributed by atoms with E-state index in [1.165, 1.54) is 19.1 Å². The van der Waals surface area contributed by atoms with Crippen molar-refractivity contribution < 1.29 is 45.4 Å². The first-order chi connectivity index (χ1) is 13.3. The van der Waals surface area contributed by atoms with Crippen LogP contribution in [0.5, 0.6) is 0 Å². The zero-order valence-corrected chi connectivity index (χ0v) is 15.0. The number of rotatable bonds is 4. The second-order valence-electron chi connectivity index (χ2n) is 6.35. The van der Waals surface area contributed by atoms with Gasteiger partial charge in [-0.2, -0.15) is 26.3 Å². The molecule has 0 atom stereocenters. The molecule has 5 nitrogen and oxygen atoms in total. The molecule has 2 aromatic rings. The van der Waals surface area contributed by atoms with Gasteiger partial charge < -0.3 is 19.1 Å². The lowest BCUT2D eigenvalue weighted by atomic mass is 9.90. The van der Waals surface area contributed by atoms with E-state index in [2.05, 4.69) is 5.16 Å². The predicted octanol–water partition coefficient (Wildman–Crippen LogP) is 4.69. The molecule has 0 radical (unpaired) electrons. The Bertz CT molecular complexity index is 881. The van der Waals surface area contributed by atoms with Crippen LogP contribution in [0.2, 0.25) is 0 Å². The van der Waals surface area contributed by atoms with Crippen LogP contribution >= 0.6 is 0 Å². The molecule has 1 saturated heterocycles. The molecule has 1 aromatic heterocycles. The Labute approximate surface area is 160 Å². The zero-order valence-electron chi connectivity index (χ0n) is 15.0. The number of hydrogen-bond donors (Lipinski definition) is 1. The summed E-state index contributed by atoms with van der Waals surface area (Å²) < 4.78 is 93.5. The Morgan fingerprint density at radius 3 is 2.03 bits per heavy atom. The summed E-state index contributed by atoms with van der Waals surface area (Å²) in [4.78, 5) is 0. The number of nitrogens with zero attached hydrogens (tertiary/aromatic N) is 1. The van der Waals surface area contributed by atoms with E-state index in [4.69, 9.17) is 14.0 Å². The number of benzene rings is 1. The number of ether oxygens (including phenoxy) is 2. The molecule has 0 spiro atoms. The fourth-order valence-electron chi connectivity index (χ4n) is 2.87. The molecular weight excluding hydrogens is 408 g/mol. The topological polar surface area (TPSA) is 64.7 Å². The molecule has 1 N–H and O–H groups in total. The van der Waals surface area contributed by atoms with Crippen LogP contribution < -0.4 is 0 Å². The van der Waals surface area contributed by atoms with Crippen LogP contribution in [0.1, 0.15) is 23.9 Å². The molecule has 0 saturated carbocycles. The van der Waals surface area contributed by atoms with E-state index in [1.54, 1.807) is 6.92 Å². The van der Waals surface area contributed by atoms with E-state index >= 15 is 0 Å². The minimum absolute atomic E-state index is 0.252. The molecule has 2 heterocycles. The first kappa shape index (κ1) is 21.3. The van der Waals surface area contributed by atoms with Crippen LogP contribution in [0.15, 0.2) is 34.9 Å². The summed E-state index contributed by atoms with van der Waals surface area (Å²) in [5.74, 6) is 0.295. The third-order valence-electron chi connectivity index (χ3n) is 4.36. The summed E-state index contributed by atoms with van der Waals surface area (Å²) in [7, 11) is 0. The van der Waals surface area contributed by atoms with Gasteiger partial charge >= 0.3 is 12.4 Å². The Morgan fingerprint density at radius 1 is 1.00 bits per heavy atom. The molecule has 11 heteroatoms. The van der Waals surface area contributed by atoms with Crippen molar-refractivity contribution >= 4 is 6.08 Å². The van der Waals surface area contributed by atoms with E-state index in [9.17, 15) is 31.4 Å². The van der Waals surface area contributed by atoms with Crippen LogP contribution in [-0.2, 0) is 15.1 Å². The summed E-state index contributed by atoms with van der Waals surface area (Å²) in [5.41, 5.74) is -5.44. The van der Waals surface area contributed by atoms with Gasteiger partial charge in [-0.25, -0.2) is 0 Å². The zero-order chi connectivity index (χ0) is 21.6. The number of aliphatic hydroxyl groups is 1. The highest BCUT2D eigenvalue weighted by Gasteiger charge is 2.71. The number of hydrogen-bond acceptors (Lipinski definition) is 5. The minimum Gasteiger partial charge on any atom is -0.369 e. The number of alkyl halides is 6. The van der Waals surface area contributed by atoms with Gasteiger partial charge in [-0.05, 0) is 31.6 Å². The summed E-state index contributed by atoms with van der Waals surface area (Å²) in [6, 6.07) is 3.17. The Morgan fingerprint density at radius 2 is 1.55 bits per heavy atom. The maximum absolute atomic E-state index is 13.0. The van der Waals surface area contributed by atoms with Crippen molar-refractivity contribution in [1.29, 1.82) is 0 Å². The quantitative estimate of drug-likeness (QED) is 0.723. The standard InChI is InChI=1S/C18H15F6NO4/c1-9-15(13(25-29-9)7-8-14-27-10(2)28-14)11-3-5-12(6-4-11)16(26,17(19,20)21)18(22,23)24/h3-8,10,14,26H,1-2H3/b8-7+. The van der Waals surface area contributed by atoms with Gasteiger partial charge in [-0.1, -0.05) is 29.4 Å². The summed E-state index contributed by atoms with van der Waals surface area (Å²) in [6.45, 7) is 3.23. The average Bonchev–Trinajstić information content (AvgIpc) is 2.95. The van der Waals surface area contributed by atoms with Crippen molar-refractivity contribution in [2.24, 2.45) is 0 Å². The van der Waals surface area contributed by atoms with E-state index in [0.717, 1.165) is 12.1 Å². The first-order valence-electron chi connectivity index (χ1n) is 8.26. The molecule has 1 fully saturated rings. The Kier molecular flexibility index (Phi) is 5.26. The molecule has 0 bridgehead atoms. The summed E-state index contributed by atoms with van der Waals surface area (Å²) >= 11 is 0. The van der Waals surface area contributed by atoms with Crippen molar-refractivity contribution in [3.63, 3.8) is 0 Å². The first-order valence-corrected chi connectivity index (χ1v) is 8.26. The molecule has 1 aliphatic rings. The highest BCUT2D eigenvalue weighted by molar-refractivity contribution is 5.74. The van der Waals surface area contributed by atoms with Crippen LogP contribution in [0.4, 0.5) is 26.3 Å². The molecule has 0 amide bonds. The van der Waals surface area contributed by atoms with Crippen LogP contribution in [0.25, 0.3) is 17.2 Å². The molecule has 3 rings (SSSR count). The SMILES string of the molecule is Cc1onc(/C=C/C2OC(C)O2)c1-c1ccc(C(O)(C(F)(F)F)C(F)(F)F)cc1. The average molecular weight is 423 g/mol. The molecule has 1 aromatic carbocycles. The number of aryl methyl sites for hydroxylation is 1. The van der Waals surface area contributed by atoms with Gasteiger partial charge in [-0.15, -0.1) is 0 Å². The fraction of sp³-hybridized carbons (Fsp3) is 0.389. The maximum Gasteiger partial charge on any atom is 0.430 e. The lowest BCUT2D eigenvalue weighted by Crippen LogP contribution is -2.53. The number of aromatic nitrogens is 1. The van der Waals surface area contributed by atoms with Crippen molar-refractivity contribution in [3.8, 4) is 11.1 Å². The normalized spacial score (nSPS) is 20.9. The number of halogens is 6. The van der Waals surface area contributed by atoms with Gasteiger partial charge in [0.05, 0.1) is 5.56 Å². The third-order valence-corrected chi connectivity index (χ3v) is 4.36. The monoisotopic (exact) mass is 423 g/mol. The van der Waals surface area contributed by atoms with Crippen LogP contribution in [0.3, 0.4) is 0 Å². The molecule has 0 unspecified atom stereocenters. The van der Waals surface area contributed by atoms with Crippen molar-refractivity contribution in [2.45, 2.75) is 44.4 Å². The van der Waals surface area contributed by atoms with Gasteiger partial charge in [-0.3, -0.25) is 0 Å². The van der Waals surface area contributed by atoms with E-state index in [-0.39, 0.29) is 17.5 Å². The van der Waals surface area contributed by atoms with Gasteiger partial charge in [0.15, 0.2) is 12.6 Å². The van der Waals surface area contributed by atoms with Crippen molar-refractivity contribution in [1.82, 2.24) is 5.16 Å². The molecule has 1 aliphatic heterocycles. The van der Waals surface area contributed by atoms with Gasteiger partial charge in [0.1, 0.15) is 11.5 Å². The molecule has 29 heavy (non-hydrogen) atoms. The Hall–Kier alpha value is -2.37. The summed E-state index contributed by atoms with van der Waals surface area (Å²) in [5, 5.41) is 13.3. The van der Waals surface area contributed by atoms with Crippen LogP contribution in [-0.4, -0.2) is 35.2 Å². The van der Waals surface area contributed by atoms with E-state index in [1.807, 2.05) is 0 Å². The highest BCUT2D eigenvalue weighted by Crippen LogP contribution is 2.50. The van der Waals surface area contributed by atoms with Gasteiger partial charge in [0.25, 0.3) is 5.60 Å². The van der Waals surface area contributed by atoms with Gasteiger partial charge in [0, 0.05) is 5.56 Å². The lowest BCUT2D eigenvalue weighted by Gasteiger charge is -2.32. The van der Waals surface area contributed by atoms with Crippen LogP contribution in [0, 0.1) is 6.92 Å².